The molecule has 0 amide bonds. The van der Waals surface area contributed by atoms with E-state index in [0.717, 1.165) is 50.6 Å². The van der Waals surface area contributed by atoms with Crippen LogP contribution in [0.15, 0.2) is 24.3 Å². The minimum atomic E-state index is 0.0137. The highest BCUT2D eigenvalue weighted by molar-refractivity contribution is 5.35. The Kier molecular flexibility index (Phi) is 5.19. The van der Waals surface area contributed by atoms with Crippen molar-refractivity contribution in [1.82, 2.24) is 9.80 Å². The molecule has 0 aromatic heterocycles. The minimum Gasteiger partial charge on any atom is -0.492 e. The zero-order valence-electron chi connectivity index (χ0n) is 12.0. The van der Waals surface area contributed by atoms with Crippen LogP contribution in [0.4, 0.5) is 0 Å². The van der Waals surface area contributed by atoms with Gasteiger partial charge in [-0.3, -0.25) is 4.90 Å². The fraction of sp³-hybridized carbons (Fsp3) is 0.600. The normalized spacial score (nSPS) is 19.3. The lowest BCUT2D eigenvalue weighted by Gasteiger charge is -2.32. The summed E-state index contributed by atoms with van der Waals surface area (Å²) in [5.74, 6) is 0.923. The standard InChI is InChI=1S/C15H25N3O/c1-13(16)14-5-3-4-6-15(14)19-12-11-18-9-7-17(2)8-10-18/h3-6,13H,7-12,16H2,1-2H3. The topological polar surface area (TPSA) is 41.7 Å². The van der Waals surface area contributed by atoms with E-state index in [2.05, 4.69) is 16.8 Å². The first kappa shape index (κ1) is 14.3. The number of piperazine rings is 1. The summed E-state index contributed by atoms with van der Waals surface area (Å²) in [7, 11) is 2.17. The third kappa shape index (κ3) is 4.20. The molecule has 0 aliphatic carbocycles. The van der Waals surface area contributed by atoms with Gasteiger partial charge in [0.1, 0.15) is 12.4 Å². The molecule has 1 atom stereocenters. The average Bonchev–Trinajstić information content (AvgIpc) is 2.41. The maximum atomic E-state index is 5.95. The lowest BCUT2D eigenvalue weighted by Crippen LogP contribution is -2.45. The fourth-order valence-electron chi connectivity index (χ4n) is 2.34. The first-order chi connectivity index (χ1) is 9.16. The summed E-state index contributed by atoms with van der Waals surface area (Å²) in [5.41, 5.74) is 7.03. The number of para-hydroxylation sites is 1. The van der Waals surface area contributed by atoms with E-state index < -0.39 is 0 Å². The van der Waals surface area contributed by atoms with Gasteiger partial charge >= 0.3 is 0 Å². The van der Waals surface area contributed by atoms with Gasteiger partial charge in [0.05, 0.1) is 0 Å². The van der Waals surface area contributed by atoms with Crippen LogP contribution in [0.2, 0.25) is 0 Å². The van der Waals surface area contributed by atoms with Crippen LogP contribution in [-0.4, -0.2) is 56.2 Å². The Morgan fingerprint density at radius 1 is 1.21 bits per heavy atom. The van der Waals surface area contributed by atoms with Crippen molar-refractivity contribution in [3.05, 3.63) is 29.8 Å². The molecular formula is C15H25N3O. The summed E-state index contributed by atoms with van der Waals surface area (Å²) in [6.07, 6.45) is 0. The Hall–Kier alpha value is -1.10. The van der Waals surface area contributed by atoms with Gasteiger partial charge < -0.3 is 15.4 Å². The zero-order valence-corrected chi connectivity index (χ0v) is 12.0. The summed E-state index contributed by atoms with van der Waals surface area (Å²) in [5, 5.41) is 0. The highest BCUT2D eigenvalue weighted by atomic mass is 16.5. The summed E-state index contributed by atoms with van der Waals surface area (Å²) in [6.45, 7) is 8.27. The van der Waals surface area contributed by atoms with Crippen LogP contribution in [0.25, 0.3) is 0 Å². The van der Waals surface area contributed by atoms with Crippen LogP contribution in [0.3, 0.4) is 0 Å². The summed E-state index contributed by atoms with van der Waals surface area (Å²) >= 11 is 0. The molecule has 106 valence electrons. The van der Waals surface area contributed by atoms with Crippen LogP contribution in [0.1, 0.15) is 18.5 Å². The Labute approximate surface area is 116 Å². The molecule has 1 unspecified atom stereocenters. The number of benzene rings is 1. The predicted octanol–water partition coefficient (Wildman–Crippen LogP) is 1.33. The highest BCUT2D eigenvalue weighted by Crippen LogP contribution is 2.23. The van der Waals surface area contributed by atoms with E-state index in [4.69, 9.17) is 10.5 Å². The van der Waals surface area contributed by atoms with Crippen molar-refractivity contribution in [2.45, 2.75) is 13.0 Å². The largest absolute Gasteiger partial charge is 0.492 e. The van der Waals surface area contributed by atoms with Gasteiger partial charge in [0, 0.05) is 44.3 Å². The summed E-state index contributed by atoms with van der Waals surface area (Å²) < 4.78 is 5.89. The number of rotatable bonds is 5. The first-order valence-corrected chi connectivity index (χ1v) is 7.05. The predicted molar refractivity (Wildman–Crippen MR) is 78.5 cm³/mol. The molecule has 2 rings (SSSR count). The maximum Gasteiger partial charge on any atom is 0.124 e. The molecule has 0 saturated carbocycles. The van der Waals surface area contributed by atoms with Crippen LogP contribution in [0.5, 0.6) is 5.75 Å². The fourth-order valence-corrected chi connectivity index (χ4v) is 2.34. The maximum absolute atomic E-state index is 5.95. The van der Waals surface area contributed by atoms with Crippen molar-refractivity contribution in [2.24, 2.45) is 5.73 Å². The molecule has 0 radical (unpaired) electrons. The molecule has 4 nitrogen and oxygen atoms in total. The number of nitrogens with two attached hydrogens (primary N) is 1. The molecule has 0 bridgehead atoms. The van der Waals surface area contributed by atoms with Gasteiger partial charge in [0.25, 0.3) is 0 Å². The van der Waals surface area contributed by atoms with Gasteiger partial charge in [-0.05, 0) is 20.0 Å². The number of nitrogens with zero attached hydrogens (tertiary/aromatic N) is 2. The average molecular weight is 263 g/mol. The van der Waals surface area contributed by atoms with Crippen molar-refractivity contribution in [2.75, 3.05) is 46.4 Å². The zero-order chi connectivity index (χ0) is 13.7. The molecule has 1 aromatic carbocycles. The second-order valence-corrected chi connectivity index (χ2v) is 5.32. The second kappa shape index (κ2) is 6.89. The van der Waals surface area contributed by atoms with Crippen LogP contribution in [-0.2, 0) is 0 Å². The molecule has 1 aliphatic heterocycles. The molecule has 1 fully saturated rings. The molecule has 4 heteroatoms. The Bertz CT molecular complexity index is 387. The molecule has 2 N–H and O–H groups in total. The molecular weight excluding hydrogens is 238 g/mol. The first-order valence-electron chi connectivity index (χ1n) is 7.05. The van der Waals surface area contributed by atoms with Crippen LogP contribution < -0.4 is 10.5 Å². The Balaban J connectivity index is 1.79. The molecule has 0 spiro atoms. The van der Waals surface area contributed by atoms with Crippen molar-refractivity contribution >= 4 is 0 Å². The molecule has 19 heavy (non-hydrogen) atoms. The highest BCUT2D eigenvalue weighted by Gasteiger charge is 2.13. The van der Waals surface area contributed by atoms with Gasteiger partial charge in [-0.1, -0.05) is 18.2 Å². The lowest BCUT2D eigenvalue weighted by atomic mass is 10.1. The van der Waals surface area contributed by atoms with E-state index in [0.29, 0.717) is 0 Å². The van der Waals surface area contributed by atoms with E-state index >= 15 is 0 Å². The monoisotopic (exact) mass is 263 g/mol. The van der Waals surface area contributed by atoms with Crippen LogP contribution in [0, 0.1) is 0 Å². The number of likely N-dealkylation sites (N-methyl/N-ethyl adjacent to an activating group) is 1. The SMILES string of the molecule is CC(N)c1ccccc1OCCN1CCN(C)CC1. The van der Waals surface area contributed by atoms with Crippen molar-refractivity contribution < 1.29 is 4.74 Å². The van der Waals surface area contributed by atoms with E-state index in [1.54, 1.807) is 0 Å². The van der Waals surface area contributed by atoms with Gasteiger partial charge in [0.15, 0.2) is 0 Å². The van der Waals surface area contributed by atoms with Crippen molar-refractivity contribution in [3.8, 4) is 5.75 Å². The number of hydrogen-bond donors (Lipinski definition) is 1. The van der Waals surface area contributed by atoms with Crippen LogP contribution >= 0.6 is 0 Å². The quantitative estimate of drug-likeness (QED) is 0.870. The van der Waals surface area contributed by atoms with Crippen molar-refractivity contribution in [3.63, 3.8) is 0 Å². The third-order valence-electron chi connectivity index (χ3n) is 3.67. The third-order valence-corrected chi connectivity index (χ3v) is 3.67. The minimum absolute atomic E-state index is 0.0137. The smallest absolute Gasteiger partial charge is 0.124 e. The molecule has 1 saturated heterocycles. The van der Waals surface area contributed by atoms with E-state index in [1.165, 1.54) is 0 Å². The summed E-state index contributed by atoms with van der Waals surface area (Å²) in [4.78, 5) is 4.82. The van der Waals surface area contributed by atoms with Gasteiger partial charge in [-0.25, -0.2) is 0 Å². The Morgan fingerprint density at radius 3 is 2.58 bits per heavy atom. The molecule has 1 heterocycles. The molecule has 1 aromatic rings. The van der Waals surface area contributed by atoms with Gasteiger partial charge in [-0.15, -0.1) is 0 Å². The van der Waals surface area contributed by atoms with E-state index in [9.17, 15) is 0 Å². The van der Waals surface area contributed by atoms with E-state index in [1.807, 2.05) is 31.2 Å². The second-order valence-electron chi connectivity index (χ2n) is 5.32. The molecule has 1 aliphatic rings. The van der Waals surface area contributed by atoms with Crippen molar-refractivity contribution in [1.29, 1.82) is 0 Å². The summed E-state index contributed by atoms with van der Waals surface area (Å²) in [6, 6.07) is 8.06. The lowest BCUT2D eigenvalue weighted by molar-refractivity contribution is 0.133. The van der Waals surface area contributed by atoms with E-state index in [-0.39, 0.29) is 6.04 Å². The Morgan fingerprint density at radius 2 is 1.89 bits per heavy atom. The number of ether oxygens (including phenoxy) is 1. The number of hydrogen-bond acceptors (Lipinski definition) is 4. The van der Waals surface area contributed by atoms with Gasteiger partial charge in [-0.2, -0.15) is 0 Å². The van der Waals surface area contributed by atoms with Gasteiger partial charge in [0.2, 0.25) is 0 Å².